The minimum atomic E-state index is -0.542. The van der Waals surface area contributed by atoms with E-state index in [0.717, 1.165) is 50.6 Å². The molecule has 2 unspecified atom stereocenters. The third-order valence-electron chi connectivity index (χ3n) is 5.35. The van der Waals surface area contributed by atoms with Crippen LogP contribution in [-0.4, -0.2) is 24.5 Å². The molecule has 0 spiro atoms. The largest absolute Gasteiger partial charge is 0.351 e. The number of amides is 1. The highest BCUT2D eigenvalue weighted by Gasteiger charge is 2.43. The molecule has 1 aliphatic heterocycles. The summed E-state index contributed by atoms with van der Waals surface area (Å²) >= 11 is 0. The van der Waals surface area contributed by atoms with E-state index in [1.165, 1.54) is 12.1 Å². The van der Waals surface area contributed by atoms with Crippen molar-refractivity contribution >= 4 is 5.91 Å². The van der Waals surface area contributed by atoms with Gasteiger partial charge >= 0.3 is 0 Å². The van der Waals surface area contributed by atoms with Crippen molar-refractivity contribution in [3.05, 3.63) is 35.6 Å². The Morgan fingerprint density at radius 3 is 2.77 bits per heavy atom. The van der Waals surface area contributed by atoms with Crippen LogP contribution in [0.1, 0.15) is 51.0 Å². The molecular formula is C18H25FN2O. The summed E-state index contributed by atoms with van der Waals surface area (Å²) in [5.41, 5.74) is 0.290. The molecule has 1 aromatic rings. The van der Waals surface area contributed by atoms with E-state index in [1.807, 2.05) is 6.07 Å². The molecule has 4 heteroatoms. The van der Waals surface area contributed by atoms with Gasteiger partial charge in [0.25, 0.3) is 0 Å². The molecule has 0 aromatic heterocycles. The van der Waals surface area contributed by atoms with Gasteiger partial charge in [-0.1, -0.05) is 25.0 Å². The molecule has 2 N–H and O–H groups in total. The first-order valence-electron chi connectivity index (χ1n) is 8.42. The van der Waals surface area contributed by atoms with Crippen LogP contribution in [0, 0.1) is 5.82 Å². The SMILES string of the molecule is CC1NCCCC1NC(=O)C1(c2cccc(F)c2)CCCC1. The van der Waals surface area contributed by atoms with Crippen LogP contribution < -0.4 is 10.6 Å². The van der Waals surface area contributed by atoms with Crippen molar-refractivity contribution in [2.75, 3.05) is 6.54 Å². The second kappa shape index (κ2) is 6.37. The Kier molecular flexibility index (Phi) is 4.48. The zero-order valence-corrected chi connectivity index (χ0v) is 13.2. The van der Waals surface area contributed by atoms with Crippen LogP contribution in [0.3, 0.4) is 0 Å². The number of halogens is 1. The Hall–Kier alpha value is -1.42. The van der Waals surface area contributed by atoms with E-state index in [0.29, 0.717) is 6.04 Å². The van der Waals surface area contributed by atoms with Gasteiger partial charge in [0.1, 0.15) is 5.82 Å². The van der Waals surface area contributed by atoms with Gasteiger partial charge in [-0.3, -0.25) is 4.79 Å². The third kappa shape index (κ3) is 2.89. The predicted molar refractivity (Wildman–Crippen MR) is 85.2 cm³/mol. The standard InChI is InChI=1S/C18H25FN2O/c1-13-16(8-5-11-20-13)21-17(22)18(9-2-3-10-18)14-6-4-7-15(19)12-14/h4,6-7,12-13,16,20H,2-3,5,8-11H2,1H3,(H,21,22). The summed E-state index contributed by atoms with van der Waals surface area (Å²) in [4.78, 5) is 13.0. The molecule has 1 amide bonds. The molecule has 0 radical (unpaired) electrons. The average Bonchev–Trinajstić information content (AvgIpc) is 3.00. The maximum Gasteiger partial charge on any atom is 0.230 e. The van der Waals surface area contributed by atoms with Crippen LogP contribution in [0.2, 0.25) is 0 Å². The molecule has 1 saturated carbocycles. The highest BCUT2D eigenvalue weighted by atomic mass is 19.1. The van der Waals surface area contributed by atoms with Crippen LogP contribution in [0.25, 0.3) is 0 Å². The van der Waals surface area contributed by atoms with Crippen molar-refractivity contribution in [3.63, 3.8) is 0 Å². The quantitative estimate of drug-likeness (QED) is 0.901. The van der Waals surface area contributed by atoms with Crippen LogP contribution in [0.15, 0.2) is 24.3 Å². The lowest BCUT2D eigenvalue weighted by Crippen LogP contribution is -2.55. The van der Waals surface area contributed by atoms with E-state index in [1.54, 1.807) is 6.07 Å². The zero-order valence-electron chi connectivity index (χ0n) is 13.2. The minimum Gasteiger partial charge on any atom is -0.351 e. The smallest absolute Gasteiger partial charge is 0.230 e. The molecule has 1 saturated heterocycles. The molecule has 2 fully saturated rings. The summed E-state index contributed by atoms with van der Waals surface area (Å²) in [6.45, 7) is 3.14. The topological polar surface area (TPSA) is 41.1 Å². The molecule has 0 bridgehead atoms. The monoisotopic (exact) mass is 304 g/mol. The lowest BCUT2D eigenvalue weighted by molar-refractivity contribution is -0.127. The Morgan fingerprint density at radius 2 is 2.09 bits per heavy atom. The first kappa shape index (κ1) is 15.5. The van der Waals surface area contributed by atoms with Gasteiger partial charge in [-0.15, -0.1) is 0 Å². The predicted octanol–water partition coefficient (Wildman–Crippen LogP) is 2.89. The fraction of sp³-hybridized carbons (Fsp3) is 0.611. The van der Waals surface area contributed by atoms with Gasteiger partial charge in [-0.25, -0.2) is 4.39 Å². The Balaban J connectivity index is 1.82. The van der Waals surface area contributed by atoms with E-state index in [-0.39, 0.29) is 17.8 Å². The van der Waals surface area contributed by atoms with Gasteiger partial charge in [0, 0.05) is 12.1 Å². The molecule has 2 atom stereocenters. The molecule has 1 heterocycles. The summed E-state index contributed by atoms with van der Waals surface area (Å²) in [5, 5.41) is 6.66. The average molecular weight is 304 g/mol. The molecular weight excluding hydrogens is 279 g/mol. The Morgan fingerprint density at radius 1 is 1.32 bits per heavy atom. The van der Waals surface area contributed by atoms with Crippen molar-refractivity contribution in [3.8, 4) is 0 Å². The zero-order chi connectivity index (χ0) is 15.6. The van der Waals surface area contributed by atoms with Crippen molar-refractivity contribution in [2.24, 2.45) is 0 Å². The maximum atomic E-state index is 13.6. The molecule has 3 rings (SSSR count). The number of rotatable bonds is 3. The number of piperidine rings is 1. The van der Waals surface area contributed by atoms with E-state index in [4.69, 9.17) is 0 Å². The van der Waals surface area contributed by atoms with Gasteiger partial charge in [-0.2, -0.15) is 0 Å². The number of nitrogens with one attached hydrogen (secondary N) is 2. The van der Waals surface area contributed by atoms with E-state index < -0.39 is 5.41 Å². The fourth-order valence-electron chi connectivity index (χ4n) is 3.96. The van der Waals surface area contributed by atoms with Crippen molar-refractivity contribution < 1.29 is 9.18 Å². The van der Waals surface area contributed by atoms with Crippen LogP contribution in [-0.2, 0) is 10.2 Å². The minimum absolute atomic E-state index is 0.0798. The molecule has 2 aliphatic rings. The van der Waals surface area contributed by atoms with Crippen molar-refractivity contribution in [1.82, 2.24) is 10.6 Å². The van der Waals surface area contributed by atoms with Crippen LogP contribution >= 0.6 is 0 Å². The summed E-state index contributed by atoms with van der Waals surface area (Å²) in [5.74, 6) is -0.180. The molecule has 3 nitrogen and oxygen atoms in total. The summed E-state index contributed by atoms with van der Waals surface area (Å²) in [7, 11) is 0. The van der Waals surface area contributed by atoms with Gasteiger partial charge in [0.15, 0.2) is 0 Å². The number of hydrogen-bond donors (Lipinski definition) is 2. The van der Waals surface area contributed by atoms with E-state index >= 15 is 0 Å². The highest BCUT2D eigenvalue weighted by Crippen LogP contribution is 2.41. The number of carbonyl (C=O) groups is 1. The first-order chi connectivity index (χ1) is 10.6. The van der Waals surface area contributed by atoms with Gasteiger partial charge < -0.3 is 10.6 Å². The summed E-state index contributed by atoms with van der Waals surface area (Å²) < 4.78 is 13.6. The normalized spacial score (nSPS) is 27.5. The summed E-state index contributed by atoms with van der Waals surface area (Å²) in [6.07, 6.45) is 5.79. The second-order valence-corrected chi connectivity index (χ2v) is 6.76. The Bertz CT molecular complexity index is 540. The maximum absolute atomic E-state index is 13.6. The molecule has 120 valence electrons. The molecule has 1 aromatic carbocycles. The second-order valence-electron chi connectivity index (χ2n) is 6.76. The van der Waals surface area contributed by atoms with Crippen LogP contribution in [0.5, 0.6) is 0 Å². The molecule has 22 heavy (non-hydrogen) atoms. The molecule has 1 aliphatic carbocycles. The summed E-state index contributed by atoms with van der Waals surface area (Å²) in [6, 6.07) is 7.06. The number of benzene rings is 1. The highest BCUT2D eigenvalue weighted by molar-refractivity contribution is 5.88. The number of carbonyl (C=O) groups excluding carboxylic acids is 1. The van der Waals surface area contributed by atoms with E-state index in [2.05, 4.69) is 17.6 Å². The van der Waals surface area contributed by atoms with Gasteiger partial charge in [0.2, 0.25) is 5.91 Å². The lowest BCUT2D eigenvalue weighted by Gasteiger charge is -2.35. The fourth-order valence-corrected chi connectivity index (χ4v) is 3.96. The Labute approximate surface area is 131 Å². The van der Waals surface area contributed by atoms with Gasteiger partial charge in [0.05, 0.1) is 5.41 Å². The third-order valence-corrected chi connectivity index (χ3v) is 5.35. The van der Waals surface area contributed by atoms with Crippen molar-refractivity contribution in [1.29, 1.82) is 0 Å². The lowest BCUT2D eigenvalue weighted by atomic mass is 9.77. The van der Waals surface area contributed by atoms with Crippen LogP contribution in [0.4, 0.5) is 4.39 Å². The number of hydrogen-bond acceptors (Lipinski definition) is 2. The van der Waals surface area contributed by atoms with Gasteiger partial charge in [-0.05, 0) is 56.8 Å². The van der Waals surface area contributed by atoms with E-state index in [9.17, 15) is 9.18 Å². The van der Waals surface area contributed by atoms with Crippen molar-refractivity contribution in [2.45, 2.75) is 62.9 Å². The first-order valence-corrected chi connectivity index (χ1v) is 8.42.